The lowest BCUT2D eigenvalue weighted by molar-refractivity contribution is -0.861. The molecule has 0 amide bonds. The molecule has 2 N–H and O–H groups in total. The summed E-state index contributed by atoms with van der Waals surface area (Å²) < 4.78 is -0.274. The largest absolute Gasteiger partial charge is 0.633 e. The number of phenolic OH excluding ortho intramolecular Hbond substituents is 1. The van der Waals surface area contributed by atoms with Crippen molar-refractivity contribution in [3.05, 3.63) is 64.9 Å². The van der Waals surface area contributed by atoms with Crippen LogP contribution in [0.1, 0.15) is 11.1 Å². The first kappa shape index (κ1) is 21.6. The molecule has 1 aromatic heterocycles. The number of aliphatic hydroxyl groups is 1. The molecule has 1 saturated heterocycles. The zero-order valence-electron chi connectivity index (χ0n) is 18.6. The van der Waals surface area contributed by atoms with Crippen LogP contribution in [0.2, 0.25) is 0 Å². The molecule has 0 spiro atoms. The van der Waals surface area contributed by atoms with E-state index in [9.17, 15) is 15.4 Å². The highest BCUT2D eigenvalue weighted by molar-refractivity contribution is 5.61. The molecular weight excluding hydrogens is 420 g/mol. The van der Waals surface area contributed by atoms with Gasteiger partial charge in [-0.15, -0.1) is 0 Å². The fraction of sp³-hybridized carbons (Fsp3) is 0.375. The molecule has 9 heteroatoms. The van der Waals surface area contributed by atoms with E-state index < -0.39 is 0 Å². The number of anilines is 2. The minimum Gasteiger partial charge on any atom is -0.633 e. The van der Waals surface area contributed by atoms with Crippen LogP contribution >= 0.6 is 0 Å². The van der Waals surface area contributed by atoms with Crippen LogP contribution in [-0.2, 0) is 13.0 Å². The number of hydroxylamine groups is 3. The fourth-order valence-corrected chi connectivity index (χ4v) is 4.47. The van der Waals surface area contributed by atoms with Gasteiger partial charge >= 0.3 is 0 Å². The standard InChI is InChI=1S/C24H28N6O3/c1-30(33)11-9-28(10-12-30)23-25-22(18-7-4-8-21(32)14-18)26-24(27-23)29-15-19-6-3-2-5-17(19)13-20(29)16-31/h2-8,14,20,31-32H,9-13,15-16H2,1H3/t20-/m1/s1. The minimum absolute atomic E-state index is 0.0213. The molecule has 0 bridgehead atoms. The molecule has 3 aromatic rings. The van der Waals surface area contributed by atoms with Crippen LogP contribution in [0.5, 0.6) is 5.75 Å². The first-order valence-corrected chi connectivity index (χ1v) is 11.2. The molecule has 0 saturated carbocycles. The van der Waals surface area contributed by atoms with Crippen molar-refractivity contribution in [1.29, 1.82) is 0 Å². The topological polar surface area (TPSA) is 109 Å². The zero-order chi connectivity index (χ0) is 23.0. The SMILES string of the molecule is C[N+]1([O-])CCN(c2nc(-c3cccc(O)c3)nc(N3Cc4ccccc4C[C@@H]3CO)n2)CC1. The van der Waals surface area contributed by atoms with E-state index in [1.54, 1.807) is 25.2 Å². The van der Waals surface area contributed by atoms with Crippen molar-refractivity contribution in [2.24, 2.45) is 0 Å². The Balaban J connectivity index is 1.57. The molecular formula is C24H28N6O3. The van der Waals surface area contributed by atoms with Crippen molar-refractivity contribution in [3.8, 4) is 17.1 Å². The van der Waals surface area contributed by atoms with Crippen LogP contribution in [0.3, 0.4) is 0 Å². The highest BCUT2D eigenvalue weighted by atomic mass is 16.5. The Morgan fingerprint density at radius 2 is 1.73 bits per heavy atom. The van der Waals surface area contributed by atoms with E-state index in [0.717, 1.165) is 0 Å². The van der Waals surface area contributed by atoms with Crippen molar-refractivity contribution < 1.29 is 14.9 Å². The van der Waals surface area contributed by atoms with Gasteiger partial charge < -0.3 is 29.9 Å². The minimum atomic E-state index is -0.274. The molecule has 1 atom stereocenters. The zero-order valence-corrected chi connectivity index (χ0v) is 18.6. The number of nitrogens with zero attached hydrogens (tertiary/aromatic N) is 6. The monoisotopic (exact) mass is 448 g/mol. The van der Waals surface area contributed by atoms with Gasteiger partial charge in [-0.2, -0.15) is 15.0 Å². The third-order valence-electron chi connectivity index (χ3n) is 6.51. The van der Waals surface area contributed by atoms with E-state index in [4.69, 9.17) is 15.0 Å². The lowest BCUT2D eigenvalue weighted by atomic mass is 9.94. The van der Waals surface area contributed by atoms with Crippen LogP contribution in [0.15, 0.2) is 48.5 Å². The number of aliphatic hydroxyl groups excluding tert-OH is 1. The van der Waals surface area contributed by atoms with Crippen LogP contribution in [0, 0.1) is 5.21 Å². The lowest BCUT2D eigenvalue weighted by Crippen LogP contribution is -2.54. The maximum absolute atomic E-state index is 12.3. The Kier molecular flexibility index (Phi) is 5.61. The van der Waals surface area contributed by atoms with Crippen molar-refractivity contribution in [2.75, 3.05) is 49.6 Å². The third kappa shape index (κ3) is 4.47. The van der Waals surface area contributed by atoms with Crippen molar-refractivity contribution in [1.82, 2.24) is 15.0 Å². The third-order valence-corrected chi connectivity index (χ3v) is 6.51. The number of fused-ring (bicyclic) bond motifs is 1. The summed E-state index contributed by atoms with van der Waals surface area (Å²) in [6.45, 7) is 2.58. The second-order valence-electron chi connectivity index (χ2n) is 8.98. The van der Waals surface area contributed by atoms with E-state index in [2.05, 4.69) is 12.1 Å². The van der Waals surface area contributed by atoms with Gasteiger partial charge in [-0.05, 0) is 29.7 Å². The number of likely N-dealkylation sites (N-methyl/N-ethyl adjacent to an activating group) is 1. The van der Waals surface area contributed by atoms with Crippen LogP contribution < -0.4 is 9.80 Å². The predicted molar refractivity (Wildman–Crippen MR) is 126 cm³/mol. The van der Waals surface area contributed by atoms with Gasteiger partial charge in [-0.3, -0.25) is 0 Å². The molecule has 5 rings (SSSR count). The smallest absolute Gasteiger partial charge is 0.231 e. The normalized spacial score (nSPS) is 19.9. The van der Waals surface area contributed by atoms with Crippen molar-refractivity contribution >= 4 is 11.9 Å². The molecule has 33 heavy (non-hydrogen) atoms. The van der Waals surface area contributed by atoms with Gasteiger partial charge in [0, 0.05) is 12.1 Å². The van der Waals surface area contributed by atoms with Gasteiger partial charge in [0.1, 0.15) is 5.75 Å². The number of quaternary nitrogens is 1. The summed E-state index contributed by atoms with van der Waals surface area (Å²) in [7, 11) is 1.69. The number of hydrogen-bond acceptors (Lipinski definition) is 8. The molecule has 0 aliphatic carbocycles. The van der Waals surface area contributed by atoms with E-state index >= 15 is 0 Å². The molecule has 2 aliphatic rings. The molecule has 172 valence electrons. The molecule has 1 fully saturated rings. The number of rotatable bonds is 4. The number of phenols is 1. The van der Waals surface area contributed by atoms with Gasteiger partial charge in [0.25, 0.3) is 0 Å². The Bertz CT molecular complexity index is 1140. The Labute approximate surface area is 192 Å². The Morgan fingerprint density at radius 3 is 2.45 bits per heavy atom. The molecule has 0 unspecified atom stereocenters. The maximum Gasteiger partial charge on any atom is 0.231 e. The average molecular weight is 449 g/mol. The summed E-state index contributed by atoms with van der Waals surface area (Å²) in [5.74, 6) is 1.57. The highest BCUT2D eigenvalue weighted by Gasteiger charge is 2.30. The van der Waals surface area contributed by atoms with E-state index in [1.165, 1.54) is 11.1 Å². The van der Waals surface area contributed by atoms with Gasteiger partial charge in [0.05, 0.1) is 45.9 Å². The number of aromatic nitrogens is 3. The van der Waals surface area contributed by atoms with Gasteiger partial charge in [0.15, 0.2) is 5.82 Å². The predicted octanol–water partition coefficient (Wildman–Crippen LogP) is 1.93. The number of benzene rings is 2. The average Bonchev–Trinajstić information content (AvgIpc) is 2.83. The first-order chi connectivity index (χ1) is 15.9. The summed E-state index contributed by atoms with van der Waals surface area (Å²) in [4.78, 5) is 18.3. The van der Waals surface area contributed by atoms with Crippen molar-refractivity contribution in [2.45, 2.75) is 19.0 Å². The number of aromatic hydroxyl groups is 1. The quantitative estimate of drug-likeness (QED) is 0.460. The van der Waals surface area contributed by atoms with Gasteiger partial charge in [0.2, 0.25) is 11.9 Å². The van der Waals surface area contributed by atoms with Gasteiger partial charge in [-0.1, -0.05) is 36.4 Å². The summed E-state index contributed by atoms with van der Waals surface area (Å²) in [6, 6.07) is 14.9. The van der Waals surface area contributed by atoms with E-state index in [-0.39, 0.29) is 23.0 Å². The first-order valence-electron chi connectivity index (χ1n) is 11.2. The second kappa shape index (κ2) is 8.58. The van der Waals surface area contributed by atoms with Gasteiger partial charge in [-0.25, -0.2) is 0 Å². The molecule has 2 aliphatic heterocycles. The Hall–Kier alpha value is -3.27. The van der Waals surface area contributed by atoms with Crippen LogP contribution in [0.4, 0.5) is 11.9 Å². The van der Waals surface area contributed by atoms with E-state index in [0.29, 0.717) is 62.4 Å². The highest BCUT2D eigenvalue weighted by Crippen LogP contribution is 2.30. The van der Waals surface area contributed by atoms with E-state index in [1.807, 2.05) is 28.0 Å². The summed E-state index contributed by atoms with van der Waals surface area (Å²) in [6.07, 6.45) is 0.699. The summed E-state index contributed by atoms with van der Waals surface area (Å²) in [5, 5.41) is 32.5. The number of piperazine rings is 1. The molecule has 3 heterocycles. The second-order valence-corrected chi connectivity index (χ2v) is 8.98. The molecule has 0 radical (unpaired) electrons. The maximum atomic E-state index is 12.3. The molecule has 9 nitrogen and oxygen atoms in total. The van der Waals surface area contributed by atoms with Crippen molar-refractivity contribution in [3.63, 3.8) is 0 Å². The fourth-order valence-electron chi connectivity index (χ4n) is 4.47. The molecule has 2 aromatic carbocycles. The van der Waals surface area contributed by atoms with Crippen LogP contribution in [0.25, 0.3) is 11.4 Å². The number of hydrogen-bond donors (Lipinski definition) is 2. The Morgan fingerprint density at radius 1 is 1.00 bits per heavy atom. The summed E-state index contributed by atoms with van der Waals surface area (Å²) >= 11 is 0. The van der Waals surface area contributed by atoms with Crippen LogP contribution in [-0.4, -0.2) is 75.7 Å². The summed E-state index contributed by atoms with van der Waals surface area (Å²) in [5.41, 5.74) is 3.08. The lowest BCUT2D eigenvalue weighted by Gasteiger charge is -2.45.